The number of benzodiazepines with no additional fused rings is 1. The number of fused-ring (bicyclic) bond motifs is 1. The number of carboxylic acid groups (broad SMARTS) is 1. The lowest BCUT2D eigenvalue weighted by Gasteiger charge is -2.35. The van der Waals surface area contributed by atoms with Gasteiger partial charge in [-0.2, -0.15) is 13.2 Å². The molecule has 5 rings (SSSR count). The summed E-state index contributed by atoms with van der Waals surface area (Å²) in [6, 6.07) is 15.1. The number of primary amides is 1. The van der Waals surface area contributed by atoms with Gasteiger partial charge in [-0.3, -0.25) is 29.0 Å². The molecule has 13 nitrogen and oxygen atoms in total. The van der Waals surface area contributed by atoms with Gasteiger partial charge < -0.3 is 25.6 Å². The van der Waals surface area contributed by atoms with Crippen molar-refractivity contribution in [3.63, 3.8) is 0 Å². The fourth-order valence-corrected chi connectivity index (χ4v) is 8.20. The van der Waals surface area contributed by atoms with Crippen LogP contribution in [0.5, 0.6) is 5.75 Å². The monoisotopic (exact) mass is 832 g/mol. The molecule has 3 aromatic carbocycles. The first-order valence-corrected chi connectivity index (χ1v) is 20.1. The molecule has 312 valence electrons. The molecule has 1 fully saturated rings. The lowest BCUT2D eigenvalue weighted by molar-refractivity contribution is -0.147. The summed E-state index contributed by atoms with van der Waals surface area (Å²) in [5, 5.41) is 12.6. The molecule has 1 aliphatic heterocycles. The summed E-state index contributed by atoms with van der Waals surface area (Å²) in [6.07, 6.45) is -8.28. The summed E-state index contributed by atoms with van der Waals surface area (Å²) in [4.78, 5) is 79.0. The zero-order valence-electron chi connectivity index (χ0n) is 32.0. The molecular weight excluding hydrogens is 787 g/mol. The minimum atomic E-state index is -5.18. The Bertz CT molecular complexity index is 2140. The molecule has 0 radical (unpaired) electrons. The third-order valence-electron chi connectivity index (χ3n) is 10.5. The second-order valence-electron chi connectivity index (χ2n) is 15.2. The number of benzene rings is 3. The lowest BCUT2D eigenvalue weighted by Crippen LogP contribution is -2.51. The zero-order valence-corrected chi connectivity index (χ0v) is 32.9. The average Bonchev–Trinajstić information content (AvgIpc) is 3.93. The maximum Gasteiger partial charge on any atom is 0.524 e. The van der Waals surface area contributed by atoms with Gasteiger partial charge in [0.05, 0.1) is 17.8 Å². The number of aliphatic carboxylic acids is 1. The van der Waals surface area contributed by atoms with Gasteiger partial charge in [-0.05, 0) is 62.3 Å². The van der Waals surface area contributed by atoms with Crippen LogP contribution in [0, 0.1) is 37.4 Å². The first kappa shape index (κ1) is 44.0. The first-order chi connectivity index (χ1) is 27.1. The quantitative estimate of drug-likeness (QED) is 0.0771. The number of carboxylic acids is 1. The molecule has 0 saturated heterocycles. The van der Waals surface area contributed by atoms with Crippen LogP contribution in [0.4, 0.5) is 23.2 Å². The molecule has 0 spiro atoms. The summed E-state index contributed by atoms with van der Waals surface area (Å²) >= 11 is 0. The minimum Gasteiger partial charge on any atom is -0.481 e. The van der Waals surface area contributed by atoms with E-state index in [1.54, 1.807) is 50.2 Å². The molecule has 1 heterocycles. The molecule has 18 heteroatoms. The van der Waals surface area contributed by atoms with Gasteiger partial charge in [0.1, 0.15) is 11.6 Å². The summed E-state index contributed by atoms with van der Waals surface area (Å²) in [6.45, 7) is 4.24. The molecule has 6 N–H and O–H groups in total. The summed E-state index contributed by atoms with van der Waals surface area (Å²) in [5.41, 5.74) is 5.36. The van der Waals surface area contributed by atoms with Gasteiger partial charge in [-0.15, -0.1) is 0 Å². The molecule has 0 bridgehead atoms. The number of para-hydroxylation sites is 1. The Morgan fingerprint density at radius 2 is 1.71 bits per heavy atom. The first-order valence-electron chi connectivity index (χ1n) is 18.6. The molecule has 3 amide bonds. The number of amides is 3. The summed E-state index contributed by atoms with van der Waals surface area (Å²) < 4.78 is 74.0. The number of hydrogen-bond acceptors (Lipinski definition) is 7. The van der Waals surface area contributed by atoms with Gasteiger partial charge in [-0.25, -0.2) is 13.9 Å². The van der Waals surface area contributed by atoms with Gasteiger partial charge in [0.25, 0.3) is 5.91 Å². The maximum absolute atomic E-state index is 16.2. The fraction of sp³-hybridized carbons (Fsp3) is 0.425. The van der Waals surface area contributed by atoms with Crippen LogP contribution < -0.4 is 20.5 Å². The largest absolute Gasteiger partial charge is 0.524 e. The van der Waals surface area contributed by atoms with Crippen LogP contribution in [0.3, 0.4) is 0 Å². The smallest absolute Gasteiger partial charge is 0.481 e. The third kappa shape index (κ3) is 10.9. The molecule has 58 heavy (non-hydrogen) atoms. The standard InChI is InChI=1S/C40H45F4N4O9P/c1-22-18-23(2)32(30(19-22)57-58(54,55)56)39(3,21-31(49)50)16-17-48-34-27(10-7-11-29(34)41)33(25-8-5-4-6-9-25)46-36(38(48)53)47-37(52)26(14-15-40(42,43)44)28(35(45)51)20-24-12-13-24/h4-11,18-19,24,26,28,36H,12-17,20-21H2,1-3H3,(H2,45,51)(H,47,52)(H,49,50)(H2,54,55,56). The van der Waals surface area contributed by atoms with E-state index in [1.165, 1.54) is 25.1 Å². The van der Waals surface area contributed by atoms with Crippen LogP contribution in [0.25, 0.3) is 0 Å². The lowest BCUT2D eigenvalue weighted by atomic mass is 9.74. The number of nitrogens with one attached hydrogen (secondary N) is 1. The van der Waals surface area contributed by atoms with Gasteiger partial charge in [0.15, 0.2) is 0 Å². The van der Waals surface area contributed by atoms with Crippen molar-refractivity contribution in [1.82, 2.24) is 5.32 Å². The van der Waals surface area contributed by atoms with Crippen molar-refractivity contribution < 1.29 is 60.7 Å². The highest BCUT2D eigenvalue weighted by atomic mass is 31.2. The number of anilines is 1. The van der Waals surface area contributed by atoms with E-state index in [9.17, 15) is 51.8 Å². The van der Waals surface area contributed by atoms with Crippen molar-refractivity contribution in [2.75, 3.05) is 11.4 Å². The van der Waals surface area contributed by atoms with E-state index < -0.39 is 92.7 Å². The molecule has 1 saturated carbocycles. The topological polar surface area (TPSA) is 209 Å². The Labute approximate surface area is 331 Å². The molecular formula is C40H45F4N4O9P. The molecule has 2 aliphatic rings. The highest BCUT2D eigenvalue weighted by Gasteiger charge is 2.43. The predicted octanol–water partition coefficient (Wildman–Crippen LogP) is 6.22. The number of alkyl halides is 3. The number of nitrogens with two attached hydrogens (primary N) is 1. The molecule has 0 aromatic heterocycles. The van der Waals surface area contributed by atoms with E-state index in [0.717, 1.165) is 11.0 Å². The number of aryl methyl sites for hydroxylation is 2. The van der Waals surface area contributed by atoms with Crippen LogP contribution >= 0.6 is 7.82 Å². The van der Waals surface area contributed by atoms with E-state index in [-0.39, 0.29) is 47.0 Å². The van der Waals surface area contributed by atoms with Crippen molar-refractivity contribution in [3.8, 4) is 5.75 Å². The number of rotatable bonds is 17. The highest BCUT2D eigenvalue weighted by Crippen LogP contribution is 2.47. The van der Waals surface area contributed by atoms with E-state index in [1.807, 2.05) is 0 Å². The highest BCUT2D eigenvalue weighted by molar-refractivity contribution is 7.46. The Hall–Kier alpha value is -5.12. The fourth-order valence-electron chi connectivity index (χ4n) is 7.80. The van der Waals surface area contributed by atoms with Crippen molar-refractivity contribution in [2.45, 2.75) is 83.5 Å². The SMILES string of the molecule is Cc1cc(C)c(C(C)(CCN2C(=O)C(NC(=O)C(CCC(F)(F)F)C(CC3CC3)C(N)=O)N=C(c3ccccc3)c3cccc(F)c32)CC(=O)O)c(OP(=O)(O)O)c1. The van der Waals surface area contributed by atoms with Gasteiger partial charge in [0, 0.05) is 46.9 Å². The number of hydrogen-bond donors (Lipinski definition) is 5. The Kier molecular flexibility index (Phi) is 13.2. The number of aliphatic imine (C=N–C) groups is 1. The van der Waals surface area contributed by atoms with Crippen molar-refractivity contribution in [2.24, 2.45) is 28.5 Å². The van der Waals surface area contributed by atoms with Crippen LogP contribution in [-0.4, -0.2) is 63.2 Å². The minimum absolute atomic E-state index is 0.0150. The number of phosphoric ester groups is 1. The number of carbonyl (C=O) groups is 4. The summed E-state index contributed by atoms with van der Waals surface area (Å²) in [7, 11) is -5.18. The predicted molar refractivity (Wildman–Crippen MR) is 204 cm³/mol. The Morgan fingerprint density at radius 1 is 1.03 bits per heavy atom. The molecule has 4 unspecified atom stereocenters. The number of nitrogens with zero attached hydrogens (tertiary/aromatic N) is 2. The van der Waals surface area contributed by atoms with Crippen molar-refractivity contribution >= 4 is 42.9 Å². The number of halogens is 4. The van der Waals surface area contributed by atoms with E-state index >= 15 is 4.39 Å². The van der Waals surface area contributed by atoms with Crippen molar-refractivity contribution in [3.05, 3.63) is 94.3 Å². The van der Waals surface area contributed by atoms with Crippen LogP contribution in [0.1, 0.15) is 79.7 Å². The Morgan fingerprint density at radius 3 is 2.29 bits per heavy atom. The zero-order chi connectivity index (χ0) is 42.7. The van der Waals surface area contributed by atoms with Gasteiger partial charge in [0.2, 0.25) is 18.0 Å². The normalized spacial score (nSPS) is 17.9. The van der Waals surface area contributed by atoms with E-state index in [0.29, 0.717) is 29.5 Å². The van der Waals surface area contributed by atoms with Crippen LogP contribution in [0.15, 0.2) is 65.7 Å². The van der Waals surface area contributed by atoms with E-state index in [4.69, 9.17) is 10.3 Å². The van der Waals surface area contributed by atoms with Gasteiger partial charge in [-0.1, -0.05) is 68.3 Å². The second-order valence-corrected chi connectivity index (χ2v) is 16.4. The van der Waals surface area contributed by atoms with Crippen molar-refractivity contribution in [1.29, 1.82) is 0 Å². The molecule has 3 aromatic rings. The maximum atomic E-state index is 16.2. The van der Waals surface area contributed by atoms with Crippen LogP contribution in [-0.2, 0) is 29.2 Å². The number of phosphoric acid groups is 1. The average molecular weight is 833 g/mol. The molecule has 4 atom stereocenters. The summed E-state index contributed by atoms with van der Waals surface area (Å²) in [5.74, 6) is -8.55. The van der Waals surface area contributed by atoms with Crippen LogP contribution in [0.2, 0.25) is 0 Å². The molecule has 1 aliphatic carbocycles. The Balaban J connectivity index is 1.63. The third-order valence-corrected chi connectivity index (χ3v) is 10.9. The second kappa shape index (κ2) is 17.4. The van der Waals surface area contributed by atoms with E-state index in [2.05, 4.69) is 10.3 Å². The number of carbonyl (C=O) groups excluding carboxylic acids is 3. The van der Waals surface area contributed by atoms with Gasteiger partial charge >= 0.3 is 20.0 Å².